The van der Waals surface area contributed by atoms with Crippen LogP contribution in [0, 0.1) is 0 Å². The molecule has 0 aliphatic carbocycles. The van der Waals surface area contributed by atoms with Crippen molar-refractivity contribution in [3.8, 4) is 0 Å². The summed E-state index contributed by atoms with van der Waals surface area (Å²) in [4.78, 5) is 27.2. The smallest absolute Gasteiger partial charge is 0.257 e. The molecule has 33 heavy (non-hydrogen) atoms. The lowest BCUT2D eigenvalue weighted by atomic mass is 9.90. The number of rotatable bonds is 8. The van der Waals surface area contributed by atoms with E-state index in [4.69, 9.17) is 0 Å². The summed E-state index contributed by atoms with van der Waals surface area (Å²) in [5.41, 5.74) is 3.93. The molecule has 3 aromatic rings. The third-order valence-corrected chi connectivity index (χ3v) is 7.47. The molecule has 1 fully saturated rings. The molecule has 0 atom stereocenters. The van der Waals surface area contributed by atoms with Crippen molar-refractivity contribution in [1.82, 2.24) is 18.8 Å². The van der Waals surface area contributed by atoms with Gasteiger partial charge in [0.05, 0.1) is 17.3 Å². The average Bonchev–Trinajstić information content (AvgIpc) is 3.24. The number of carbonyl (C=O) groups is 2. The van der Waals surface area contributed by atoms with E-state index in [2.05, 4.69) is 33.7 Å². The van der Waals surface area contributed by atoms with Gasteiger partial charge in [0.15, 0.2) is 0 Å². The monoisotopic (exact) mass is 464 g/mol. The van der Waals surface area contributed by atoms with Gasteiger partial charge < -0.3 is 4.90 Å². The predicted octanol–water partition coefficient (Wildman–Crippen LogP) is 4.83. The van der Waals surface area contributed by atoms with Crippen molar-refractivity contribution < 1.29 is 9.59 Å². The van der Waals surface area contributed by atoms with Crippen LogP contribution in [0.4, 0.5) is 0 Å². The third-order valence-electron chi connectivity index (χ3n) is 6.36. The van der Waals surface area contributed by atoms with Crippen molar-refractivity contribution in [2.75, 3.05) is 26.2 Å². The number of carbonyl (C=O) groups excluding carboxylic acids is 2. The van der Waals surface area contributed by atoms with Gasteiger partial charge in [0, 0.05) is 43.7 Å². The van der Waals surface area contributed by atoms with Gasteiger partial charge in [0.2, 0.25) is 0 Å². The number of nitrogens with zero attached hydrogens (tertiary/aromatic N) is 4. The van der Waals surface area contributed by atoms with E-state index < -0.39 is 0 Å². The van der Waals surface area contributed by atoms with Crippen LogP contribution >= 0.6 is 11.9 Å². The van der Waals surface area contributed by atoms with Gasteiger partial charge in [-0.05, 0) is 86.9 Å². The molecule has 4 rings (SSSR count). The van der Waals surface area contributed by atoms with Crippen LogP contribution in [0.3, 0.4) is 0 Å². The van der Waals surface area contributed by atoms with Gasteiger partial charge in [0.25, 0.3) is 5.91 Å². The molecular formula is C26H32N4O2S. The van der Waals surface area contributed by atoms with E-state index in [1.54, 1.807) is 29.6 Å². The number of aromatic nitrogens is 2. The molecule has 7 heteroatoms. The van der Waals surface area contributed by atoms with Crippen LogP contribution in [0.25, 0.3) is 5.52 Å². The topological polar surface area (TPSA) is 57.9 Å². The Morgan fingerprint density at radius 2 is 1.79 bits per heavy atom. The Kier molecular flexibility index (Phi) is 7.50. The fourth-order valence-electron chi connectivity index (χ4n) is 4.48. The number of Topliss-reactive ketones (excluding diaryl/α,β-unsaturated/α-hetero) is 1. The number of piperidine rings is 1. The van der Waals surface area contributed by atoms with E-state index in [0.717, 1.165) is 37.0 Å². The van der Waals surface area contributed by atoms with E-state index >= 15 is 0 Å². The minimum absolute atomic E-state index is 0.0488. The zero-order chi connectivity index (χ0) is 23.4. The summed E-state index contributed by atoms with van der Waals surface area (Å²) >= 11 is 1.79. The molecule has 1 aliphatic rings. The Bertz CT molecular complexity index is 1110. The normalized spacial score (nSPS) is 15.1. The Hall–Kier alpha value is -2.64. The molecular weight excluding hydrogens is 432 g/mol. The lowest BCUT2D eigenvalue weighted by Crippen LogP contribution is -2.30. The lowest BCUT2D eigenvalue weighted by molar-refractivity contribution is -0.116. The van der Waals surface area contributed by atoms with Crippen LogP contribution in [-0.4, -0.2) is 56.7 Å². The maximum atomic E-state index is 12.9. The second-order valence-corrected chi connectivity index (χ2v) is 9.81. The molecule has 0 unspecified atom stereocenters. The van der Waals surface area contributed by atoms with Crippen LogP contribution in [0.15, 0.2) is 53.7 Å². The predicted molar refractivity (Wildman–Crippen MR) is 133 cm³/mol. The second kappa shape index (κ2) is 10.5. The van der Waals surface area contributed by atoms with Crippen molar-refractivity contribution >= 4 is 29.2 Å². The van der Waals surface area contributed by atoms with E-state index in [0.29, 0.717) is 31.0 Å². The number of hydrogen-bond donors (Lipinski definition) is 0. The molecule has 3 heterocycles. The zero-order valence-electron chi connectivity index (χ0n) is 19.7. The number of pyridine rings is 1. The third kappa shape index (κ3) is 5.47. The SMILES string of the molecule is CCN(CC)C(=O)c1cnn2ccc(C3CCN(Sc4ccc(CC(C)=O)cc4)CC3)cc12. The quantitative estimate of drug-likeness (QED) is 0.447. The van der Waals surface area contributed by atoms with Gasteiger partial charge in [-0.25, -0.2) is 8.82 Å². The number of ketones is 1. The van der Waals surface area contributed by atoms with Crippen molar-refractivity contribution in [1.29, 1.82) is 0 Å². The molecule has 2 aromatic heterocycles. The van der Waals surface area contributed by atoms with Crippen LogP contribution < -0.4 is 0 Å². The summed E-state index contributed by atoms with van der Waals surface area (Å²) < 4.78 is 4.23. The maximum Gasteiger partial charge on any atom is 0.257 e. The molecule has 0 bridgehead atoms. The van der Waals surface area contributed by atoms with Crippen LogP contribution in [-0.2, 0) is 11.2 Å². The van der Waals surface area contributed by atoms with Crippen LogP contribution in [0.5, 0.6) is 0 Å². The van der Waals surface area contributed by atoms with Gasteiger partial charge in [-0.2, -0.15) is 5.10 Å². The minimum Gasteiger partial charge on any atom is -0.339 e. The highest BCUT2D eigenvalue weighted by atomic mass is 32.2. The zero-order valence-corrected chi connectivity index (χ0v) is 20.5. The van der Waals surface area contributed by atoms with Gasteiger partial charge in [-0.15, -0.1) is 0 Å². The lowest BCUT2D eigenvalue weighted by Gasteiger charge is -2.31. The highest BCUT2D eigenvalue weighted by Crippen LogP contribution is 2.34. The van der Waals surface area contributed by atoms with Gasteiger partial charge in [-0.3, -0.25) is 9.59 Å². The summed E-state index contributed by atoms with van der Waals surface area (Å²) in [6.45, 7) is 9.06. The van der Waals surface area contributed by atoms with Crippen molar-refractivity contribution in [2.45, 2.75) is 50.8 Å². The summed E-state index contributed by atoms with van der Waals surface area (Å²) in [6, 6.07) is 12.6. The van der Waals surface area contributed by atoms with Crippen molar-refractivity contribution in [3.05, 3.63) is 65.5 Å². The first-order chi connectivity index (χ1) is 16.0. The first kappa shape index (κ1) is 23.5. The van der Waals surface area contributed by atoms with Gasteiger partial charge in [0.1, 0.15) is 5.78 Å². The summed E-state index contributed by atoms with van der Waals surface area (Å²) in [5, 5.41) is 4.40. The molecule has 0 spiro atoms. The molecule has 6 nitrogen and oxygen atoms in total. The first-order valence-electron chi connectivity index (χ1n) is 11.8. The number of amides is 1. The van der Waals surface area contributed by atoms with E-state index in [1.807, 2.05) is 37.1 Å². The fraction of sp³-hybridized carbons (Fsp3) is 0.423. The van der Waals surface area contributed by atoms with E-state index in [1.165, 1.54) is 10.5 Å². The highest BCUT2D eigenvalue weighted by Gasteiger charge is 2.23. The average molecular weight is 465 g/mol. The van der Waals surface area contributed by atoms with Gasteiger partial charge in [-0.1, -0.05) is 12.1 Å². The largest absolute Gasteiger partial charge is 0.339 e. The number of hydrogen-bond acceptors (Lipinski definition) is 5. The van der Waals surface area contributed by atoms with Crippen LogP contribution in [0.2, 0.25) is 0 Å². The van der Waals surface area contributed by atoms with Crippen molar-refractivity contribution in [2.24, 2.45) is 0 Å². The molecule has 1 aromatic carbocycles. The molecule has 1 saturated heterocycles. The molecule has 0 N–H and O–H groups in total. The Morgan fingerprint density at radius 1 is 1.09 bits per heavy atom. The Morgan fingerprint density at radius 3 is 2.42 bits per heavy atom. The molecule has 1 aliphatic heterocycles. The highest BCUT2D eigenvalue weighted by molar-refractivity contribution is 7.97. The standard InChI is InChI=1S/C26H32N4O2S/c1-4-28(5-2)26(32)24-18-27-30-15-12-22(17-25(24)30)21-10-13-29(14-11-21)33-23-8-6-20(7-9-23)16-19(3)31/h6-9,12,15,17-18,21H,4-5,10-11,13-14,16H2,1-3H3. The molecule has 0 saturated carbocycles. The Balaban J connectivity index is 1.40. The van der Waals surface area contributed by atoms with E-state index in [-0.39, 0.29) is 11.7 Å². The molecule has 0 radical (unpaired) electrons. The van der Waals surface area contributed by atoms with Crippen LogP contribution in [0.1, 0.15) is 61.0 Å². The van der Waals surface area contributed by atoms with Crippen molar-refractivity contribution in [3.63, 3.8) is 0 Å². The Labute approximate surface area is 200 Å². The number of benzene rings is 1. The minimum atomic E-state index is 0.0488. The molecule has 1 amide bonds. The second-order valence-electron chi connectivity index (χ2n) is 8.64. The summed E-state index contributed by atoms with van der Waals surface area (Å²) in [7, 11) is 0. The summed E-state index contributed by atoms with van der Waals surface area (Å²) in [6.07, 6.45) is 6.34. The molecule has 174 valence electrons. The number of fused-ring (bicyclic) bond motifs is 1. The summed E-state index contributed by atoms with van der Waals surface area (Å²) in [5.74, 6) is 0.722. The van der Waals surface area contributed by atoms with E-state index in [9.17, 15) is 9.59 Å². The first-order valence-corrected chi connectivity index (χ1v) is 12.5. The van der Waals surface area contributed by atoms with Gasteiger partial charge >= 0.3 is 0 Å². The fourth-order valence-corrected chi connectivity index (χ4v) is 5.43. The maximum absolute atomic E-state index is 12.9.